The number of carbonyl (C=O) groups excluding carboxylic acids is 1. The standard InChI is InChI=1S/C18H21FN4O/c1-18(2,3)16(24)23-9-8-15-12(11-23)10-20-17(22-15)21-14-6-4-13(19)5-7-14/h4-7,10H,8-9,11H2,1-3H3,(H,20,21,22). The molecular weight excluding hydrogens is 307 g/mol. The van der Waals surface area contributed by atoms with Crippen LogP contribution in [-0.4, -0.2) is 27.3 Å². The van der Waals surface area contributed by atoms with Crippen LogP contribution in [0.25, 0.3) is 0 Å². The van der Waals surface area contributed by atoms with Crippen molar-refractivity contribution >= 4 is 17.5 Å². The van der Waals surface area contributed by atoms with Crippen LogP contribution < -0.4 is 5.32 Å². The molecule has 1 aliphatic rings. The Morgan fingerprint density at radius 3 is 2.62 bits per heavy atom. The van der Waals surface area contributed by atoms with E-state index >= 15 is 0 Å². The van der Waals surface area contributed by atoms with Gasteiger partial charge in [-0.05, 0) is 24.3 Å². The van der Waals surface area contributed by atoms with Gasteiger partial charge in [-0.25, -0.2) is 14.4 Å². The molecule has 0 aliphatic carbocycles. The number of anilines is 2. The fourth-order valence-electron chi connectivity index (χ4n) is 2.69. The second-order valence-electron chi connectivity index (χ2n) is 7.02. The average Bonchev–Trinajstić information content (AvgIpc) is 2.55. The third-order valence-electron chi connectivity index (χ3n) is 3.96. The Labute approximate surface area is 140 Å². The first-order valence-corrected chi connectivity index (χ1v) is 8.00. The fraction of sp³-hybridized carbons (Fsp3) is 0.389. The summed E-state index contributed by atoms with van der Waals surface area (Å²) in [6.45, 7) is 6.99. The van der Waals surface area contributed by atoms with Gasteiger partial charge in [0.05, 0.1) is 5.69 Å². The van der Waals surface area contributed by atoms with Gasteiger partial charge in [0.25, 0.3) is 0 Å². The van der Waals surface area contributed by atoms with Crippen LogP contribution in [-0.2, 0) is 17.8 Å². The maximum atomic E-state index is 12.9. The van der Waals surface area contributed by atoms with E-state index in [0.29, 0.717) is 25.5 Å². The Bertz CT molecular complexity index is 753. The Balaban J connectivity index is 1.74. The van der Waals surface area contributed by atoms with E-state index in [1.54, 1.807) is 18.3 Å². The third-order valence-corrected chi connectivity index (χ3v) is 3.96. The average molecular weight is 328 g/mol. The first-order valence-electron chi connectivity index (χ1n) is 8.00. The molecule has 2 aromatic rings. The van der Waals surface area contributed by atoms with Gasteiger partial charge in [-0.3, -0.25) is 4.79 Å². The normalized spacial score (nSPS) is 14.2. The molecule has 0 saturated carbocycles. The number of nitrogens with one attached hydrogen (secondary N) is 1. The highest BCUT2D eigenvalue weighted by atomic mass is 19.1. The van der Waals surface area contributed by atoms with Crippen molar-refractivity contribution < 1.29 is 9.18 Å². The molecule has 1 aliphatic heterocycles. The van der Waals surface area contributed by atoms with Gasteiger partial charge in [0.2, 0.25) is 11.9 Å². The molecule has 0 fully saturated rings. The summed E-state index contributed by atoms with van der Waals surface area (Å²) in [5, 5.41) is 3.07. The molecule has 5 nitrogen and oxygen atoms in total. The van der Waals surface area contributed by atoms with Gasteiger partial charge >= 0.3 is 0 Å². The minimum Gasteiger partial charge on any atom is -0.337 e. The van der Waals surface area contributed by atoms with Crippen molar-refractivity contribution in [2.45, 2.75) is 33.7 Å². The molecule has 1 aromatic carbocycles. The highest BCUT2D eigenvalue weighted by molar-refractivity contribution is 5.81. The van der Waals surface area contributed by atoms with Gasteiger partial charge in [-0.1, -0.05) is 20.8 Å². The van der Waals surface area contributed by atoms with Crippen molar-refractivity contribution in [1.82, 2.24) is 14.9 Å². The van der Waals surface area contributed by atoms with Gasteiger partial charge in [0.15, 0.2) is 0 Å². The van der Waals surface area contributed by atoms with E-state index < -0.39 is 0 Å². The molecule has 3 rings (SSSR count). The second kappa shape index (κ2) is 6.19. The topological polar surface area (TPSA) is 58.1 Å². The zero-order valence-electron chi connectivity index (χ0n) is 14.1. The third kappa shape index (κ3) is 3.53. The van der Waals surface area contributed by atoms with Crippen molar-refractivity contribution in [3.63, 3.8) is 0 Å². The van der Waals surface area contributed by atoms with Crippen molar-refractivity contribution in [3.8, 4) is 0 Å². The Morgan fingerprint density at radius 2 is 1.96 bits per heavy atom. The van der Waals surface area contributed by atoms with E-state index in [9.17, 15) is 9.18 Å². The zero-order valence-corrected chi connectivity index (χ0v) is 14.1. The molecule has 0 spiro atoms. The van der Waals surface area contributed by atoms with Crippen LogP contribution in [0.5, 0.6) is 0 Å². The quantitative estimate of drug-likeness (QED) is 0.919. The molecule has 0 saturated heterocycles. The minimum absolute atomic E-state index is 0.140. The summed E-state index contributed by atoms with van der Waals surface area (Å²) in [4.78, 5) is 23.1. The van der Waals surface area contributed by atoms with Gasteiger partial charge in [0, 0.05) is 42.4 Å². The number of rotatable bonds is 2. The highest BCUT2D eigenvalue weighted by Crippen LogP contribution is 2.24. The van der Waals surface area contributed by atoms with E-state index in [0.717, 1.165) is 16.9 Å². The SMILES string of the molecule is CC(C)(C)C(=O)N1CCc2nc(Nc3ccc(F)cc3)ncc2C1. The molecule has 1 N–H and O–H groups in total. The molecule has 24 heavy (non-hydrogen) atoms. The van der Waals surface area contributed by atoms with E-state index in [4.69, 9.17) is 0 Å². The van der Waals surface area contributed by atoms with Crippen LogP contribution in [0.2, 0.25) is 0 Å². The number of hydrogen-bond acceptors (Lipinski definition) is 4. The predicted molar refractivity (Wildman–Crippen MR) is 90.3 cm³/mol. The van der Waals surface area contributed by atoms with Gasteiger partial charge in [-0.15, -0.1) is 0 Å². The van der Waals surface area contributed by atoms with E-state index in [1.165, 1.54) is 12.1 Å². The molecular formula is C18H21FN4O. The maximum Gasteiger partial charge on any atom is 0.228 e. The molecule has 1 amide bonds. The number of benzene rings is 1. The molecule has 0 radical (unpaired) electrons. The molecule has 6 heteroatoms. The van der Waals surface area contributed by atoms with Gasteiger partial charge in [-0.2, -0.15) is 0 Å². The van der Waals surface area contributed by atoms with Crippen molar-refractivity contribution in [3.05, 3.63) is 47.5 Å². The number of fused-ring (bicyclic) bond motifs is 1. The summed E-state index contributed by atoms with van der Waals surface area (Å²) in [5.74, 6) is 0.341. The number of nitrogens with zero attached hydrogens (tertiary/aromatic N) is 3. The van der Waals surface area contributed by atoms with Gasteiger partial charge in [0.1, 0.15) is 5.82 Å². The summed E-state index contributed by atoms with van der Waals surface area (Å²) >= 11 is 0. The monoisotopic (exact) mass is 328 g/mol. The lowest BCUT2D eigenvalue weighted by Crippen LogP contribution is -2.42. The summed E-state index contributed by atoms with van der Waals surface area (Å²) in [7, 11) is 0. The molecule has 2 heterocycles. The van der Waals surface area contributed by atoms with Crippen LogP contribution in [0.4, 0.5) is 16.0 Å². The summed E-state index contributed by atoms with van der Waals surface area (Å²) in [6.07, 6.45) is 2.47. The Kier molecular flexibility index (Phi) is 4.22. The first-order chi connectivity index (χ1) is 11.3. The van der Waals surface area contributed by atoms with Crippen LogP contribution in [0.3, 0.4) is 0 Å². The molecule has 0 bridgehead atoms. The first kappa shape index (κ1) is 16.4. The maximum absolute atomic E-state index is 12.9. The Morgan fingerprint density at radius 1 is 1.25 bits per heavy atom. The summed E-state index contributed by atoms with van der Waals surface area (Å²) in [6, 6.07) is 6.05. The van der Waals surface area contributed by atoms with E-state index in [1.807, 2.05) is 25.7 Å². The van der Waals surface area contributed by atoms with E-state index in [-0.39, 0.29) is 17.1 Å². The van der Waals surface area contributed by atoms with Crippen LogP contribution in [0, 0.1) is 11.2 Å². The van der Waals surface area contributed by atoms with Gasteiger partial charge < -0.3 is 10.2 Å². The zero-order chi connectivity index (χ0) is 17.3. The fourth-order valence-corrected chi connectivity index (χ4v) is 2.69. The lowest BCUT2D eigenvalue weighted by atomic mass is 9.93. The predicted octanol–water partition coefficient (Wildman–Crippen LogP) is 3.29. The van der Waals surface area contributed by atoms with Crippen LogP contribution >= 0.6 is 0 Å². The smallest absolute Gasteiger partial charge is 0.228 e. The molecule has 0 unspecified atom stereocenters. The van der Waals surface area contributed by atoms with E-state index in [2.05, 4.69) is 15.3 Å². The van der Waals surface area contributed by atoms with Crippen LogP contribution in [0.15, 0.2) is 30.5 Å². The summed E-state index contributed by atoms with van der Waals surface area (Å²) < 4.78 is 12.9. The molecule has 126 valence electrons. The number of hydrogen-bond donors (Lipinski definition) is 1. The van der Waals surface area contributed by atoms with Crippen molar-refractivity contribution in [1.29, 1.82) is 0 Å². The minimum atomic E-state index is -0.386. The largest absolute Gasteiger partial charge is 0.337 e. The lowest BCUT2D eigenvalue weighted by Gasteiger charge is -2.33. The second-order valence-corrected chi connectivity index (χ2v) is 7.02. The summed E-state index contributed by atoms with van der Waals surface area (Å²) in [5.41, 5.74) is 2.27. The highest BCUT2D eigenvalue weighted by Gasteiger charge is 2.30. The number of aromatic nitrogens is 2. The lowest BCUT2D eigenvalue weighted by molar-refractivity contribution is -0.140. The van der Waals surface area contributed by atoms with Crippen molar-refractivity contribution in [2.24, 2.45) is 5.41 Å². The Hall–Kier alpha value is -2.50. The number of amides is 1. The number of carbonyl (C=O) groups is 1. The molecule has 1 aromatic heterocycles. The van der Waals surface area contributed by atoms with Crippen molar-refractivity contribution in [2.75, 3.05) is 11.9 Å². The van der Waals surface area contributed by atoms with Crippen LogP contribution in [0.1, 0.15) is 32.0 Å². The number of halogens is 1. The molecule has 0 atom stereocenters.